The number of aliphatic hydroxyl groups is 1. The monoisotopic (exact) mass is 524 g/mol. The molecular formula is C20H17Cl2F3N2O5S. The highest BCUT2D eigenvalue weighted by Gasteiger charge is 2.62. The summed E-state index contributed by atoms with van der Waals surface area (Å²) in [5.41, 5.74) is -4.63. The van der Waals surface area contributed by atoms with Crippen molar-refractivity contribution < 1.29 is 37.3 Å². The van der Waals surface area contributed by atoms with Crippen molar-refractivity contribution in [1.82, 2.24) is 5.32 Å². The van der Waals surface area contributed by atoms with E-state index >= 15 is 0 Å². The fourth-order valence-electron chi connectivity index (χ4n) is 2.65. The van der Waals surface area contributed by atoms with E-state index in [1.54, 1.807) is 0 Å². The minimum Gasteiger partial charge on any atom is -0.495 e. The van der Waals surface area contributed by atoms with E-state index in [0.717, 1.165) is 25.3 Å². The van der Waals surface area contributed by atoms with Gasteiger partial charge in [-0.25, -0.2) is 4.79 Å². The number of nitrogens with one attached hydrogen (secondary N) is 2. The molecule has 0 aliphatic carbocycles. The Kier molecular flexibility index (Phi) is 8.52. The normalized spacial score (nSPS) is 13.0. The van der Waals surface area contributed by atoms with E-state index in [2.05, 4.69) is 15.4 Å². The molecule has 1 atom stereocenters. The summed E-state index contributed by atoms with van der Waals surface area (Å²) in [4.78, 5) is 24.3. The Bertz CT molecular complexity index is 1080. The van der Waals surface area contributed by atoms with Crippen LogP contribution in [0, 0.1) is 0 Å². The first kappa shape index (κ1) is 26.7. The van der Waals surface area contributed by atoms with Crippen molar-refractivity contribution in [3.05, 3.63) is 57.6 Å². The van der Waals surface area contributed by atoms with Crippen LogP contribution in [-0.2, 0) is 15.1 Å². The molecule has 3 N–H and O–H groups in total. The van der Waals surface area contributed by atoms with Gasteiger partial charge >= 0.3 is 12.1 Å². The summed E-state index contributed by atoms with van der Waals surface area (Å²) in [6, 6.07) is 6.92. The Balaban J connectivity index is 2.29. The molecule has 0 unspecified atom stereocenters. The molecule has 0 fully saturated rings. The second-order valence-electron chi connectivity index (χ2n) is 6.38. The number of hydrogen-bond donors (Lipinski definition) is 3. The highest BCUT2D eigenvalue weighted by atomic mass is 35.5. The summed E-state index contributed by atoms with van der Waals surface area (Å²) < 4.78 is 50.2. The zero-order valence-corrected chi connectivity index (χ0v) is 19.4. The number of esters is 1. The number of benzene rings is 2. The second-order valence-corrected chi connectivity index (χ2v) is 7.63. The van der Waals surface area contributed by atoms with Gasteiger partial charge in [-0.3, -0.25) is 10.1 Å². The number of halogens is 5. The predicted octanol–water partition coefficient (Wildman–Crippen LogP) is 4.44. The van der Waals surface area contributed by atoms with Gasteiger partial charge in [0.1, 0.15) is 5.75 Å². The molecule has 2 aromatic carbocycles. The topological polar surface area (TPSA) is 96.9 Å². The van der Waals surface area contributed by atoms with Crippen LogP contribution < -0.4 is 15.4 Å². The maximum atomic E-state index is 13.6. The number of alkyl halides is 3. The number of carbonyl (C=O) groups excluding carboxylic acids is 2. The van der Waals surface area contributed by atoms with Crippen LogP contribution in [0.3, 0.4) is 0 Å². The molecule has 0 saturated carbocycles. The van der Waals surface area contributed by atoms with Gasteiger partial charge in [0.25, 0.3) is 11.5 Å². The first-order valence-corrected chi connectivity index (χ1v) is 10.2. The molecular weight excluding hydrogens is 508 g/mol. The van der Waals surface area contributed by atoms with Gasteiger partial charge < -0.3 is 19.9 Å². The van der Waals surface area contributed by atoms with E-state index in [-0.39, 0.29) is 33.7 Å². The molecule has 2 aromatic rings. The van der Waals surface area contributed by atoms with Crippen LogP contribution in [0.5, 0.6) is 5.75 Å². The van der Waals surface area contributed by atoms with Crippen molar-refractivity contribution >= 4 is 58.1 Å². The average Bonchev–Trinajstić information content (AvgIpc) is 2.72. The lowest BCUT2D eigenvalue weighted by Crippen LogP contribution is -2.50. The number of methoxy groups -OCH3 is 1. The van der Waals surface area contributed by atoms with E-state index < -0.39 is 29.2 Å². The predicted molar refractivity (Wildman–Crippen MR) is 120 cm³/mol. The molecule has 0 spiro atoms. The Morgan fingerprint density at radius 3 is 2.36 bits per heavy atom. The Morgan fingerprint density at radius 1 is 1.15 bits per heavy atom. The zero-order valence-electron chi connectivity index (χ0n) is 17.0. The average molecular weight is 525 g/mol. The van der Waals surface area contributed by atoms with E-state index in [1.165, 1.54) is 25.1 Å². The third-order valence-corrected chi connectivity index (χ3v) is 5.00. The molecule has 0 aromatic heterocycles. The molecule has 0 radical (unpaired) electrons. The summed E-state index contributed by atoms with van der Waals surface area (Å²) in [5, 5.41) is 15.3. The maximum absolute atomic E-state index is 13.6. The number of rotatable bonds is 6. The lowest BCUT2D eigenvalue weighted by atomic mass is 9.92. The lowest BCUT2D eigenvalue weighted by molar-refractivity contribution is -0.267. The number of amides is 1. The highest BCUT2D eigenvalue weighted by Crippen LogP contribution is 2.42. The highest BCUT2D eigenvalue weighted by molar-refractivity contribution is 7.80. The molecule has 0 saturated heterocycles. The summed E-state index contributed by atoms with van der Waals surface area (Å²) >= 11 is 16.8. The van der Waals surface area contributed by atoms with Crippen LogP contribution in [-0.4, -0.2) is 42.0 Å². The first-order chi connectivity index (χ1) is 15.3. The van der Waals surface area contributed by atoms with Crippen molar-refractivity contribution in [2.24, 2.45) is 0 Å². The van der Waals surface area contributed by atoms with Gasteiger partial charge in [0.05, 0.1) is 30.0 Å². The van der Waals surface area contributed by atoms with Crippen molar-refractivity contribution in [2.75, 3.05) is 19.0 Å². The van der Waals surface area contributed by atoms with Crippen molar-refractivity contribution in [3.63, 3.8) is 0 Å². The van der Waals surface area contributed by atoms with Crippen LogP contribution in [0.15, 0.2) is 36.4 Å². The van der Waals surface area contributed by atoms with Crippen molar-refractivity contribution in [3.8, 4) is 5.75 Å². The number of hydrogen-bond acceptors (Lipinski definition) is 6. The molecule has 0 aliphatic heterocycles. The van der Waals surface area contributed by atoms with Gasteiger partial charge in [-0.05, 0) is 49.5 Å². The Hall–Kier alpha value is -2.60. The third kappa shape index (κ3) is 5.85. The molecule has 0 heterocycles. The number of thiocarbonyl (C=S) groups is 1. The number of carbonyl (C=O) groups is 2. The molecule has 0 bridgehead atoms. The largest absolute Gasteiger partial charge is 0.495 e. The van der Waals surface area contributed by atoms with Gasteiger partial charge in [0, 0.05) is 10.6 Å². The van der Waals surface area contributed by atoms with E-state index in [4.69, 9.17) is 40.2 Å². The minimum atomic E-state index is -5.37. The number of anilines is 1. The second kappa shape index (κ2) is 10.6. The van der Waals surface area contributed by atoms with E-state index in [1.807, 2.05) is 0 Å². The molecule has 0 aliphatic rings. The molecule has 33 heavy (non-hydrogen) atoms. The molecule has 7 nitrogen and oxygen atoms in total. The van der Waals surface area contributed by atoms with Gasteiger partial charge in [-0.15, -0.1) is 0 Å². The van der Waals surface area contributed by atoms with Crippen LogP contribution in [0.2, 0.25) is 10.0 Å². The third-order valence-electron chi connectivity index (χ3n) is 4.25. The lowest BCUT2D eigenvalue weighted by Gasteiger charge is -2.29. The fraction of sp³-hybridized carbons (Fsp3) is 0.250. The molecule has 178 valence electrons. The van der Waals surface area contributed by atoms with Crippen LogP contribution in [0.1, 0.15) is 22.8 Å². The van der Waals surface area contributed by atoms with Crippen molar-refractivity contribution in [1.29, 1.82) is 0 Å². The minimum absolute atomic E-state index is 0.0436. The Labute approximate surface area is 201 Å². The SMILES string of the molecule is CCOC(=O)[C@@](O)(c1ccc(NC(=S)NC(=O)c2ccc(Cl)cc2Cl)c(OC)c1)C(F)(F)F. The van der Waals surface area contributed by atoms with Gasteiger partial charge in [-0.1, -0.05) is 29.3 Å². The van der Waals surface area contributed by atoms with Crippen LogP contribution >= 0.6 is 35.4 Å². The van der Waals surface area contributed by atoms with Gasteiger partial charge in [0.2, 0.25) is 0 Å². The summed E-state index contributed by atoms with van der Waals surface area (Å²) in [5.74, 6) is -2.76. The molecule has 1 amide bonds. The standard InChI is InChI=1S/C20H17Cl2F3N2O5S/c1-3-32-17(29)19(30,20(23,24)25)10-4-7-14(15(8-10)31-2)26-18(33)27-16(28)12-6-5-11(21)9-13(12)22/h4-9,30H,3H2,1-2H3,(H2,26,27,28,33)/t19-/m0/s1. The van der Waals surface area contributed by atoms with Gasteiger partial charge in [0.15, 0.2) is 5.11 Å². The smallest absolute Gasteiger partial charge is 0.432 e. The number of ether oxygens (including phenoxy) is 2. The summed E-state index contributed by atoms with van der Waals surface area (Å²) in [7, 11) is 1.15. The first-order valence-electron chi connectivity index (χ1n) is 9.07. The molecule has 13 heteroatoms. The zero-order chi connectivity index (χ0) is 25.0. The van der Waals surface area contributed by atoms with E-state index in [9.17, 15) is 27.9 Å². The van der Waals surface area contributed by atoms with Crippen molar-refractivity contribution in [2.45, 2.75) is 18.7 Å². The fourth-order valence-corrected chi connectivity index (χ4v) is 3.35. The summed E-state index contributed by atoms with van der Waals surface area (Å²) in [6.07, 6.45) is -5.37. The molecule has 2 rings (SSSR count). The van der Waals surface area contributed by atoms with Crippen LogP contribution in [0.4, 0.5) is 18.9 Å². The van der Waals surface area contributed by atoms with Crippen LogP contribution in [0.25, 0.3) is 0 Å². The maximum Gasteiger partial charge on any atom is 0.432 e. The quantitative estimate of drug-likeness (QED) is 0.379. The summed E-state index contributed by atoms with van der Waals surface area (Å²) in [6.45, 7) is 0.925. The van der Waals surface area contributed by atoms with Gasteiger partial charge in [-0.2, -0.15) is 13.2 Å². The Morgan fingerprint density at radius 2 is 1.82 bits per heavy atom. The van der Waals surface area contributed by atoms with E-state index in [0.29, 0.717) is 5.02 Å².